The number of hydrogen-bond acceptors (Lipinski definition) is 7. The smallest absolute Gasteiger partial charge is 0.389 e. The number of rotatable bonds is 8. The molecule has 7 rings (SSSR count). The van der Waals surface area contributed by atoms with Gasteiger partial charge in [-0.2, -0.15) is 18.3 Å². The third-order valence-corrected chi connectivity index (χ3v) is 8.98. The van der Waals surface area contributed by atoms with Gasteiger partial charge in [0.25, 0.3) is 5.91 Å². The van der Waals surface area contributed by atoms with Gasteiger partial charge < -0.3 is 9.67 Å². The summed E-state index contributed by atoms with van der Waals surface area (Å²) in [7, 11) is 5.41. The van der Waals surface area contributed by atoms with E-state index < -0.39 is 23.2 Å². The molecule has 13 heteroatoms. The number of alkyl halides is 3. The van der Waals surface area contributed by atoms with Crippen molar-refractivity contribution in [3.05, 3.63) is 64.7 Å². The highest BCUT2D eigenvalue weighted by Gasteiger charge is 2.42. The lowest BCUT2D eigenvalue weighted by Crippen LogP contribution is -2.46. The lowest BCUT2D eigenvalue weighted by molar-refractivity contribution is -0.138. The zero-order valence-corrected chi connectivity index (χ0v) is 24.8. The van der Waals surface area contributed by atoms with E-state index >= 15 is 0 Å². The number of benzene rings is 1. The zero-order chi connectivity index (χ0) is 31.0. The van der Waals surface area contributed by atoms with Crippen LogP contribution in [0.25, 0.3) is 22.6 Å². The van der Waals surface area contributed by atoms with E-state index in [1.807, 2.05) is 18.0 Å². The zero-order valence-electron chi connectivity index (χ0n) is 24.8. The summed E-state index contributed by atoms with van der Waals surface area (Å²) in [5, 5.41) is 23.2. The maximum absolute atomic E-state index is 14.4. The Morgan fingerprint density at radius 3 is 2.52 bits per heavy atom. The second kappa shape index (κ2) is 10.2. The number of aromatic nitrogens is 6. The molecular formula is C31H33F3N8O2. The fourth-order valence-corrected chi connectivity index (χ4v) is 6.48. The maximum Gasteiger partial charge on any atom is 0.416 e. The molecular weight excluding hydrogens is 573 g/mol. The van der Waals surface area contributed by atoms with E-state index in [0.717, 1.165) is 47.8 Å². The largest absolute Gasteiger partial charge is 0.416 e. The Kier molecular flexibility index (Phi) is 6.66. The molecule has 0 atom stereocenters. The lowest BCUT2D eigenvalue weighted by atomic mass is 9.80. The van der Waals surface area contributed by atoms with Crippen LogP contribution in [0, 0.1) is 0 Å². The van der Waals surface area contributed by atoms with Crippen molar-refractivity contribution in [1.29, 1.82) is 0 Å². The van der Waals surface area contributed by atoms with Gasteiger partial charge in [0.1, 0.15) is 12.1 Å². The molecule has 4 heterocycles. The number of amides is 1. The first-order chi connectivity index (χ1) is 20.9. The van der Waals surface area contributed by atoms with Crippen LogP contribution in [0.5, 0.6) is 0 Å². The van der Waals surface area contributed by atoms with Crippen LogP contribution in [0.15, 0.2) is 36.8 Å². The number of aliphatic hydroxyl groups is 1. The SMILES string of the molecule is CN(Cc1cc2c(c(C(F)(F)F)c1)CN(c1cc(-c3c(-c4nncn4C)cnn3C)cc(C3CC3)n1)C2=O)CC1(O)CCC1. The van der Waals surface area contributed by atoms with Crippen LogP contribution in [0.4, 0.5) is 19.0 Å². The number of pyridine rings is 1. The summed E-state index contributed by atoms with van der Waals surface area (Å²) in [5.41, 5.74) is 1.75. The summed E-state index contributed by atoms with van der Waals surface area (Å²) < 4.78 is 46.7. The quantitative estimate of drug-likeness (QED) is 0.311. The molecule has 1 aromatic carbocycles. The molecule has 10 nitrogen and oxygen atoms in total. The van der Waals surface area contributed by atoms with Gasteiger partial charge in [0.05, 0.1) is 35.2 Å². The van der Waals surface area contributed by atoms with Gasteiger partial charge in [0, 0.05) is 49.9 Å². The van der Waals surface area contributed by atoms with E-state index in [4.69, 9.17) is 4.98 Å². The molecule has 2 saturated carbocycles. The first-order valence-corrected chi connectivity index (χ1v) is 14.7. The fraction of sp³-hybridized carbons (Fsp3) is 0.452. The number of carbonyl (C=O) groups is 1. The number of fused-ring (bicyclic) bond motifs is 1. The Morgan fingerprint density at radius 1 is 1.11 bits per heavy atom. The molecule has 44 heavy (non-hydrogen) atoms. The molecule has 0 bridgehead atoms. The highest BCUT2D eigenvalue weighted by Crippen LogP contribution is 2.44. The normalized spacial score (nSPS) is 17.8. The average molecular weight is 607 g/mol. The number of nitrogens with zero attached hydrogens (tertiary/aromatic N) is 8. The third-order valence-electron chi connectivity index (χ3n) is 8.98. The van der Waals surface area contributed by atoms with E-state index in [2.05, 4.69) is 15.3 Å². The summed E-state index contributed by atoms with van der Waals surface area (Å²) >= 11 is 0. The standard InChI is InChI=1S/C31H33F3N8O2/c1-39(16-30(44)7-4-8-30)14-18-9-21-23(24(10-18)31(32,33)34)15-42(29(21)43)26-12-20(11-25(37-26)19-5-6-19)27-22(13-36-41(27)3)28-38-35-17-40(28)2/h9-13,17,19,44H,4-8,14-16H2,1-3H3. The summed E-state index contributed by atoms with van der Waals surface area (Å²) in [6, 6.07) is 6.41. The van der Waals surface area contributed by atoms with Crippen molar-refractivity contribution in [3.8, 4) is 22.6 Å². The molecule has 230 valence electrons. The van der Waals surface area contributed by atoms with Crippen molar-refractivity contribution in [2.75, 3.05) is 18.5 Å². The first-order valence-electron chi connectivity index (χ1n) is 14.7. The number of halogens is 3. The van der Waals surface area contributed by atoms with Crippen molar-refractivity contribution >= 4 is 11.7 Å². The van der Waals surface area contributed by atoms with Gasteiger partial charge in [0.2, 0.25) is 0 Å². The molecule has 3 aliphatic rings. The molecule has 1 aliphatic heterocycles. The second-order valence-electron chi connectivity index (χ2n) is 12.5. The minimum Gasteiger partial charge on any atom is -0.389 e. The van der Waals surface area contributed by atoms with Gasteiger partial charge in [-0.15, -0.1) is 10.2 Å². The number of aryl methyl sites for hydroxylation is 2. The van der Waals surface area contributed by atoms with Crippen molar-refractivity contribution < 1.29 is 23.1 Å². The third kappa shape index (κ3) is 5.07. The minimum atomic E-state index is -4.64. The van der Waals surface area contributed by atoms with Crippen LogP contribution in [-0.4, -0.2) is 64.6 Å². The molecule has 0 unspecified atom stereocenters. The number of likely N-dealkylation sites (N-methyl/N-ethyl adjacent to an activating group) is 1. The van der Waals surface area contributed by atoms with Crippen molar-refractivity contribution in [2.24, 2.45) is 14.1 Å². The Morgan fingerprint density at radius 2 is 1.89 bits per heavy atom. The monoisotopic (exact) mass is 606 g/mol. The van der Waals surface area contributed by atoms with Gasteiger partial charge in [-0.1, -0.05) is 0 Å². The fourth-order valence-electron chi connectivity index (χ4n) is 6.48. The van der Waals surface area contributed by atoms with Gasteiger partial charge in [-0.3, -0.25) is 19.3 Å². The Labute approximate surface area is 252 Å². The topological polar surface area (TPSA) is 105 Å². The molecule has 4 aromatic rings. The van der Waals surface area contributed by atoms with Crippen LogP contribution in [0.1, 0.15) is 70.8 Å². The summed E-state index contributed by atoms with van der Waals surface area (Å²) in [4.78, 5) is 21.8. The van der Waals surface area contributed by atoms with E-state index in [1.165, 1.54) is 4.90 Å². The van der Waals surface area contributed by atoms with E-state index in [-0.39, 0.29) is 30.1 Å². The summed E-state index contributed by atoms with van der Waals surface area (Å²) in [6.07, 6.45) is 2.85. The average Bonchev–Trinajstić information content (AvgIpc) is 3.49. The predicted octanol–water partition coefficient (Wildman–Crippen LogP) is 4.68. The van der Waals surface area contributed by atoms with Crippen LogP contribution in [0.3, 0.4) is 0 Å². The van der Waals surface area contributed by atoms with E-state index in [9.17, 15) is 23.1 Å². The Bertz CT molecular complexity index is 1770. The van der Waals surface area contributed by atoms with Crippen LogP contribution in [-0.2, 0) is 33.4 Å². The van der Waals surface area contributed by atoms with Crippen LogP contribution in [0.2, 0.25) is 0 Å². The highest BCUT2D eigenvalue weighted by atomic mass is 19.4. The Balaban J connectivity index is 1.27. The molecule has 2 aliphatic carbocycles. The summed E-state index contributed by atoms with van der Waals surface area (Å²) in [5.74, 6) is 0.617. The molecule has 1 amide bonds. The lowest BCUT2D eigenvalue weighted by Gasteiger charge is -2.39. The Hall–Kier alpha value is -4.10. The maximum atomic E-state index is 14.4. The molecule has 3 aromatic heterocycles. The van der Waals surface area contributed by atoms with Gasteiger partial charge in [-0.25, -0.2) is 4.98 Å². The molecule has 0 radical (unpaired) electrons. The van der Waals surface area contributed by atoms with Gasteiger partial charge >= 0.3 is 6.18 Å². The van der Waals surface area contributed by atoms with E-state index in [1.54, 1.807) is 48.0 Å². The second-order valence-corrected chi connectivity index (χ2v) is 12.5. The molecule has 0 spiro atoms. The highest BCUT2D eigenvalue weighted by molar-refractivity contribution is 6.10. The van der Waals surface area contributed by atoms with Gasteiger partial charge in [-0.05, 0) is 74.5 Å². The number of carbonyl (C=O) groups excluding carboxylic acids is 1. The molecule has 1 N–H and O–H groups in total. The predicted molar refractivity (Wildman–Crippen MR) is 156 cm³/mol. The first kappa shape index (κ1) is 28.7. The van der Waals surface area contributed by atoms with Crippen molar-refractivity contribution in [1.82, 2.24) is 34.4 Å². The minimum absolute atomic E-state index is 0.0334. The number of hydrogen-bond donors (Lipinski definition) is 1. The molecule has 2 fully saturated rings. The summed E-state index contributed by atoms with van der Waals surface area (Å²) in [6.45, 7) is 0.300. The van der Waals surface area contributed by atoms with Crippen molar-refractivity contribution in [3.63, 3.8) is 0 Å². The molecule has 0 saturated heterocycles. The van der Waals surface area contributed by atoms with E-state index in [0.29, 0.717) is 36.6 Å². The van der Waals surface area contributed by atoms with Gasteiger partial charge in [0.15, 0.2) is 5.82 Å². The van der Waals surface area contributed by atoms with Crippen molar-refractivity contribution in [2.45, 2.75) is 62.9 Å². The number of anilines is 1. The van der Waals surface area contributed by atoms with Crippen LogP contribution >= 0.6 is 0 Å². The van der Waals surface area contributed by atoms with Crippen LogP contribution < -0.4 is 4.90 Å².